The third-order valence-corrected chi connectivity index (χ3v) is 5.55. The van der Waals surface area contributed by atoms with Gasteiger partial charge >= 0.3 is 6.18 Å². The van der Waals surface area contributed by atoms with E-state index in [9.17, 15) is 18.0 Å². The zero-order chi connectivity index (χ0) is 20.6. The van der Waals surface area contributed by atoms with E-state index in [1.165, 1.54) is 4.90 Å². The van der Waals surface area contributed by atoms with Crippen LogP contribution in [0.1, 0.15) is 28.5 Å². The number of alkyl halides is 3. The number of amides is 1. The Kier molecular flexibility index (Phi) is 5.23. The fraction of sp³-hybridized carbons (Fsp3) is 0.381. The maximum atomic E-state index is 12.8. The van der Waals surface area contributed by atoms with Gasteiger partial charge in [-0.05, 0) is 17.2 Å². The molecule has 0 aromatic heterocycles. The van der Waals surface area contributed by atoms with Gasteiger partial charge in [0.05, 0.1) is 12.5 Å². The Morgan fingerprint density at radius 1 is 1.14 bits per heavy atom. The monoisotopic (exact) mass is 406 g/mol. The van der Waals surface area contributed by atoms with Crippen molar-refractivity contribution >= 4 is 5.91 Å². The summed E-state index contributed by atoms with van der Waals surface area (Å²) >= 11 is 0. The van der Waals surface area contributed by atoms with E-state index in [0.29, 0.717) is 11.3 Å². The van der Waals surface area contributed by atoms with Crippen molar-refractivity contribution in [3.63, 3.8) is 0 Å². The first-order valence-electron chi connectivity index (χ1n) is 9.41. The lowest BCUT2D eigenvalue weighted by atomic mass is 10.0. The van der Waals surface area contributed by atoms with Crippen LogP contribution in [-0.2, 0) is 11.3 Å². The Balaban J connectivity index is 1.61. The summed E-state index contributed by atoms with van der Waals surface area (Å²) in [7, 11) is 0. The molecule has 1 heterocycles. The molecular weight excluding hydrogens is 385 g/mol. The van der Waals surface area contributed by atoms with Crippen molar-refractivity contribution in [2.45, 2.75) is 24.6 Å². The Morgan fingerprint density at radius 2 is 1.86 bits per heavy atom. The second kappa shape index (κ2) is 7.68. The van der Waals surface area contributed by atoms with Gasteiger partial charge in [0.15, 0.2) is 0 Å². The molecule has 2 aromatic rings. The van der Waals surface area contributed by atoms with Crippen molar-refractivity contribution in [2.75, 3.05) is 19.7 Å². The molecule has 154 valence electrons. The van der Waals surface area contributed by atoms with E-state index in [2.05, 4.69) is 0 Å². The quantitative estimate of drug-likeness (QED) is 0.603. The molecule has 5 nitrogen and oxygen atoms in total. The molecule has 2 aromatic carbocycles. The van der Waals surface area contributed by atoms with Gasteiger partial charge in [-0.2, -0.15) is 13.2 Å². The average molecular weight is 406 g/mol. The molecule has 29 heavy (non-hydrogen) atoms. The van der Waals surface area contributed by atoms with E-state index in [1.54, 1.807) is 11.5 Å². The molecule has 1 fully saturated rings. The highest BCUT2D eigenvalue weighted by Crippen LogP contribution is 2.60. The van der Waals surface area contributed by atoms with Crippen LogP contribution in [0.25, 0.3) is 0 Å². The number of hydrogen-bond acceptors (Lipinski definition) is 4. The lowest BCUT2D eigenvalue weighted by molar-refractivity contribution is -0.147. The van der Waals surface area contributed by atoms with E-state index in [-0.39, 0.29) is 31.5 Å². The number of carbonyl (C=O) groups excluding carboxylic acids is 1. The van der Waals surface area contributed by atoms with Crippen molar-refractivity contribution in [1.29, 1.82) is 0 Å². The predicted molar refractivity (Wildman–Crippen MR) is 98.6 cm³/mol. The van der Waals surface area contributed by atoms with Crippen molar-refractivity contribution in [3.05, 3.63) is 65.2 Å². The number of nitrogens with one attached hydrogen (secondary N) is 1. The largest absolute Gasteiger partial charge is 0.492 e. The molecule has 2 aliphatic rings. The van der Waals surface area contributed by atoms with Gasteiger partial charge < -0.3 is 4.74 Å². The summed E-state index contributed by atoms with van der Waals surface area (Å²) in [6, 6.07) is 15.0. The number of benzene rings is 2. The SMILES string of the molecule is O=C(NO)C1C(c2ccccc2)C1c1ccc2c(c1)CN(CC(F)(F)F)CCO2. The molecule has 1 amide bonds. The van der Waals surface area contributed by atoms with E-state index in [0.717, 1.165) is 11.1 Å². The van der Waals surface area contributed by atoms with Gasteiger partial charge in [0.2, 0.25) is 5.91 Å². The molecule has 0 radical (unpaired) electrons. The molecule has 1 aliphatic carbocycles. The third kappa shape index (κ3) is 4.23. The number of rotatable bonds is 4. The van der Waals surface area contributed by atoms with Crippen LogP contribution in [0, 0.1) is 5.92 Å². The molecule has 3 unspecified atom stereocenters. The highest BCUT2D eigenvalue weighted by molar-refractivity contribution is 5.84. The van der Waals surface area contributed by atoms with Crippen LogP contribution >= 0.6 is 0 Å². The van der Waals surface area contributed by atoms with Crippen LogP contribution in [0.5, 0.6) is 5.75 Å². The van der Waals surface area contributed by atoms with Gasteiger partial charge in [0.1, 0.15) is 12.4 Å². The number of hydroxylamine groups is 1. The second-order valence-electron chi connectivity index (χ2n) is 7.51. The Morgan fingerprint density at radius 3 is 2.55 bits per heavy atom. The number of nitrogens with zero attached hydrogens (tertiary/aromatic N) is 1. The fourth-order valence-electron chi connectivity index (χ4n) is 4.28. The van der Waals surface area contributed by atoms with E-state index in [1.807, 2.05) is 42.5 Å². The highest BCUT2D eigenvalue weighted by Gasteiger charge is 2.56. The minimum absolute atomic E-state index is 0.0978. The fourth-order valence-corrected chi connectivity index (χ4v) is 4.28. The van der Waals surface area contributed by atoms with Gasteiger partial charge in [-0.3, -0.25) is 14.9 Å². The normalized spacial score (nSPS) is 24.2. The van der Waals surface area contributed by atoms with Crippen LogP contribution in [0.4, 0.5) is 13.2 Å². The van der Waals surface area contributed by atoms with Crippen LogP contribution < -0.4 is 10.2 Å². The maximum Gasteiger partial charge on any atom is 0.401 e. The molecule has 2 N–H and O–H groups in total. The van der Waals surface area contributed by atoms with Crippen LogP contribution in [0.3, 0.4) is 0 Å². The lowest BCUT2D eigenvalue weighted by Gasteiger charge is -2.20. The summed E-state index contributed by atoms with van der Waals surface area (Å²) in [5.74, 6) is -0.584. The number of halogens is 3. The van der Waals surface area contributed by atoms with Gasteiger partial charge in [-0.25, -0.2) is 5.48 Å². The Labute approximate surface area is 166 Å². The van der Waals surface area contributed by atoms with E-state index in [4.69, 9.17) is 9.94 Å². The summed E-state index contributed by atoms with van der Waals surface area (Å²) in [5.41, 5.74) is 4.24. The number of fused-ring (bicyclic) bond motifs is 1. The Hall–Kier alpha value is -2.58. The summed E-state index contributed by atoms with van der Waals surface area (Å²) in [5, 5.41) is 9.11. The molecular formula is C21H21F3N2O3. The van der Waals surface area contributed by atoms with Gasteiger partial charge in [-0.15, -0.1) is 0 Å². The second-order valence-corrected chi connectivity index (χ2v) is 7.51. The molecule has 0 spiro atoms. The molecule has 4 rings (SSSR count). The number of ether oxygens (including phenoxy) is 1. The lowest BCUT2D eigenvalue weighted by Crippen LogP contribution is -2.35. The minimum atomic E-state index is -4.28. The van der Waals surface area contributed by atoms with Gasteiger partial charge in [0.25, 0.3) is 0 Å². The smallest absolute Gasteiger partial charge is 0.401 e. The minimum Gasteiger partial charge on any atom is -0.492 e. The first kappa shape index (κ1) is 19.7. The van der Waals surface area contributed by atoms with E-state index < -0.39 is 24.5 Å². The van der Waals surface area contributed by atoms with Gasteiger partial charge in [-0.1, -0.05) is 42.5 Å². The summed E-state index contributed by atoms with van der Waals surface area (Å²) in [6.45, 7) is -0.489. The van der Waals surface area contributed by atoms with Crippen LogP contribution in [0.2, 0.25) is 0 Å². The Bertz CT molecular complexity index is 888. The molecule has 8 heteroatoms. The number of carbonyl (C=O) groups is 1. The molecule has 0 saturated heterocycles. The van der Waals surface area contributed by atoms with Crippen LogP contribution in [0.15, 0.2) is 48.5 Å². The van der Waals surface area contributed by atoms with Crippen molar-refractivity contribution in [3.8, 4) is 5.75 Å². The van der Waals surface area contributed by atoms with Gasteiger partial charge in [0, 0.05) is 30.5 Å². The molecule has 3 atom stereocenters. The topological polar surface area (TPSA) is 61.8 Å². The number of hydrogen-bond donors (Lipinski definition) is 2. The zero-order valence-electron chi connectivity index (χ0n) is 15.5. The van der Waals surface area contributed by atoms with Crippen molar-refractivity contribution < 1.29 is 27.9 Å². The highest BCUT2D eigenvalue weighted by atomic mass is 19.4. The first-order valence-corrected chi connectivity index (χ1v) is 9.41. The van der Waals surface area contributed by atoms with Crippen molar-refractivity contribution in [1.82, 2.24) is 10.4 Å². The predicted octanol–water partition coefficient (Wildman–Crippen LogP) is 3.45. The maximum absolute atomic E-state index is 12.8. The molecule has 1 aliphatic heterocycles. The third-order valence-electron chi connectivity index (χ3n) is 5.55. The zero-order valence-corrected chi connectivity index (χ0v) is 15.5. The molecule has 0 bridgehead atoms. The molecule has 1 saturated carbocycles. The van der Waals surface area contributed by atoms with E-state index >= 15 is 0 Å². The summed E-state index contributed by atoms with van der Waals surface area (Å²) in [4.78, 5) is 13.5. The van der Waals surface area contributed by atoms with Crippen molar-refractivity contribution in [2.24, 2.45) is 5.92 Å². The first-order chi connectivity index (χ1) is 13.9. The summed E-state index contributed by atoms with van der Waals surface area (Å²) < 4.78 is 44.1. The summed E-state index contributed by atoms with van der Waals surface area (Å²) in [6.07, 6.45) is -4.28. The average Bonchev–Trinajstić information content (AvgIpc) is 3.45. The van der Waals surface area contributed by atoms with Crippen LogP contribution in [-0.4, -0.2) is 41.9 Å². The standard InChI is InChI=1S/C21H21F3N2O3/c22-21(23,24)12-26-8-9-29-16-7-6-14(10-15(16)11-26)18-17(19(18)20(27)25-28)13-4-2-1-3-5-13/h1-7,10,17-19,28H,8-9,11-12H2,(H,25,27).